The lowest BCUT2D eigenvalue weighted by molar-refractivity contribution is 0.0693. The fourth-order valence-corrected chi connectivity index (χ4v) is 1.45. The van der Waals surface area contributed by atoms with E-state index in [2.05, 4.69) is 0 Å². The first kappa shape index (κ1) is 18.8. The Morgan fingerprint density at radius 2 is 1.71 bits per heavy atom. The second kappa shape index (κ2) is 9.66. The molecular weight excluding hydrogens is 290 g/mol. The van der Waals surface area contributed by atoms with Gasteiger partial charge in [-0.3, -0.25) is 0 Å². The van der Waals surface area contributed by atoms with E-state index in [1.54, 1.807) is 18.2 Å². The molecule has 2 rings (SSSR count). The lowest BCUT2D eigenvalue weighted by Gasteiger charge is -1.96. The minimum Gasteiger partial charge on any atom is -0.507 e. The molecule has 4 nitrogen and oxygen atoms in total. The number of hydrogen-bond donors (Lipinski definition) is 3. The Morgan fingerprint density at radius 1 is 1.14 bits per heavy atom. The smallest absolute Gasteiger partial charge is 0.339 e. The van der Waals surface area contributed by atoms with Crippen LogP contribution in [0.2, 0.25) is 5.02 Å². The molecule has 0 aromatic heterocycles. The van der Waals surface area contributed by atoms with Crippen molar-refractivity contribution in [3.05, 3.63) is 58.6 Å². The molecule has 0 unspecified atom stereocenters. The van der Waals surface area contributed by atoms with Crippen molar-refractivity contribution in [1.82, 2.24) is 0 Å². The van der Waals surface area contributed by atoms with Crippen LogP contribution in [0.15, 0.2) is 42.5 Å². The molecule has 0 spiro atoms. The van der Waals surface area contributed by atoms with Gasteiger partial charge in [0.15, 0.2) is 0 Å². The number of nitrogen functional groups attached to an aromatic ring is 1. The van der Waals surface area contributed by atoms with Gasteiger partial charge in [-0.05, 0) is 36.8 Å². The number of carboxylic acid groups (broad SMARTS) is 1. The van der Waals surface area contributed by atoms with E-state index in [1.807, 2.05) is 32.9 Å². The van der Waals surface area contributed by atoms with Crippen LogP contribution >= 0.6 is 11.6 Å². The van der Waals surface area contributed by atoms with Gasteiger partial charge in [-0.15, -0.1) is 0 Å². The van der Waals surface area contributed by atoms with Gasteiger partial charge in [0.25, 0.3) is 0 Å². The number of aromatic carboxylic acids is 1. The van der Waals surface area contributed by atoms with E-state index < -0.39 is 5.97 Å². The zero-order valence-corrected chi connectivity index (χ0v) is 13.1. The van der Waals surface area contributed by atoms with Crippen molar-refractivity contribution in [3.63, 3.8) is 0 Å². The van der Waals surface area contributed by atoms with Crippen LogP contribution in [0.1, 0.15) is 29.8 Å². The Kier molecular flexibility index (Phi) is 8.65. The van der Waals surface area contributed by atoms with Crippen molar-refractivity contribution in [2.75, 3.05) is 5.73 Å². The van der Waals surface area contributed by atoms with Gasteiger partial charge in [-0.1, -0.05) is 43.6 Å². The fourth-order valence-electron chi connectivity index (χ4n) is 1.26. The van der Waals surface area contributed by atoms with Crippen molar-refractivity contribution in [2.24, 2.45) is 0 Å². The summed E-state index contributed by atoms with van der Waals surface area (Å²) in [5.74, 6) is -1.31. The van der Waals surface area contributed by atoms with Crippen LogP contribution in [-0.4, -0.2) is 16.2 Å². The highest BCUT2D eigenvalue weighted by Crippen LogP contribution is 2.17. The number of rotatable bonds is 1. The molecule has 0 saturated carbocycles. The van der Waals surface area contributed by atoms with Crippen molar-refractivity contribution in [1.29, 1.82) is 0 Å². The second-order valence-electron chi connectivity index (χ2n) is 3.83. The number of phenols is 1. The van der Waals surface area contributed by atoms with Crippen LogP contribution in [0.4, 0.5) is 5.69 Å². The van der Waals surface area contributed by atoms with Crippen LogP contribution < -0.4 is 5.73 Å². The van der Waals surface area contributed by atoms with E-state index in [1.165, 1.54) is 12.1 Å². The molecule has 0 aliphatic heterocycles. The highest BCUT2D eigenvalue weighted by Gasteiger charge is 2.05. The number of anilines is 1. The number of benzene rings is 2. The largest absolute Gasteiger partial charge is 0.507 e. The molecule has 0 amide bonds. The molecule has 0 heterocycles. The van der Waals surface area contributed by atoms with Crippen LogP contribution in [-0.2, 0) is 0 Å². The summed E-state index contributed by atoms with van der Waals surface area (Å²) >= 11 is 5.73. The SMILES string of the molecule is CC.Cc1ccc(N)cc1Cl.O=C(O)c1ccccc1O. The summed E-state index contributed by atoms with van der Waals surface area (Å²) in [4.78, 5) is 10.3. The molecule has 0 fully saturated rings. The average molecular weight is 310 g/mol. The number of nitrogens with two attached hydrogens (primary N) is 1. The Labute approximate surface area is 129 Å². The topological polar surface area (TPSA) is 83.6 Å². The van der Waals surface area contributed by atoms with E-state index in [4.69, 9.17) is 27.5 Å². The molecule has 0 aliphatic rings. The molecule has 0 atom stereocenters. The predicted molar refractivity (Wildman–Crippen MR) is 87.0 cm³/mol. The molecule has 0 aliphatic carbocycles. The van der Waals surface area contributed by atoms with Gasteiger partial charge in [0.05, 0.1) is 0 Å². The van der Waals surface area contributed by atoms with E-state index in [-0.39, 0.29) is 11.3 Å². The lowest BCUT2D eigenvalue weighted by Crippen LogP contribution is -1.95. The van der Waals surface area contributed by atoms with Gasteiger partial charge < -0.3 is 15.9 Å². The molecule has 2 aromatic rings. The maximum atomic E-state index is 10.3. The van der Waals surface area contributed by atoms with Gasteiger partial charge >= 0.3 is 5.97 Å². The predicted octanol–water partition coefficient (Wildman–Crippen LogP) is 4.35. The van der Waals surface area contributed by atoms with Gasteiger partial charge in [0.1, 0.15) is 11.3 Å². The monoisotopic (exact) mass is 309 g/mol. The maximum absolute atomic E-state index is 10.3. The Balaban J connectivity index is 0.000000342. The van der Waals surface area contributed by atoms with E-state index in [0.29, 0.717) is 5.69 Å². The van der Waals surface area contributed by atoms with E-state index in [0.717, 1.165) is 10.6 Å². The summed E-state index contributed by atoms with van der Waals surface area (Å²) in [6, 6.07) is 11.3. The first-order chi connectivity index (χ1) is 9.91. The molecule has 2 aromatic carbocycles. The fraction of sp³-hybridized carbons (Fsp3) is 0.188. The zero-order valence-electron chi connectivity index (χ0n) is 12.3. The zero-order chi connectivity index (χ0) is 16.4. The van der Waals surface area contributed by atoms with E-state index >= 15 is 0 Å². The lowest BCUT2D eigenvalue weighted by atomic mass is 10.2. The number of para-hydroxylation sites is 1. The summed E-state index contributed by atoms with van der Waals surface area (Å²) in [5, 5.41) is 18.0. The molecular formula is C16H20ClNO3. The van der Waals surface area contributed by atoms with Crippen LogP contribution in [0, 0.1) is 6.92 Å². The number of aryl methyl sites for hydroxylation is 1. The van der Waals surface area contributed by atoms with Crippen LogP contribution in [0.3, 0.4) is 0 Å². The number of hydrogen-bond acceptors (Lipinski definition) is 3. The van der Waals surface area contributed by atoms with Gasteiger partial charge in [0, 0.05) is 10.7 Å². The van der Waals surface area contributed by atoms with Crippen LogP contribution in [0.5, 0.6) is 5.75 Å². The highest BCUT2D eigenvalue weighted by molar-refractivity contribution is 6.31. The third kappa shape index (κ3) is 6.68. The minimum absolute atomic E-state index is 0.0671. The Bertz CT molecular complexity index is 585. The van der Waals surface area contributed by atoms with Crippen molar-refractivity contribution in [3.8, 4) is 5.75 Å². The van der Waals surface area contributed by atoms with Crippen molar-refractivity contribution in [2.45, 2.75) is 20.8 Å². The molecule has 21 heavy (non-hydrogen) atoms. The standard InChI is InChI=1S/C7H8ClN.C7H6O3.C2H6/c1-5-2-3-6(9)4-7(5)8;8-6-4-2-1-3-5(6)7(9)10;1-2/h2-4H,9H2,1H3;1-4,8H,(H,9,10);1-2H3. The quantitative estimate of drug-likeness (QED) is 0.684. The third-order valence-corrected chi connectivity index (χ3v) is 2.74. The number of carboxylic acids is 1. The number of carbonyl (C=O) groups is 1. The Hall–Kier alpha value is -2.20. The van der Waals surface area contributed by atoms with Crippen molar-refractivity contribution >= 4 is 23.3 Å². The average Bonchev–Trinajstić information content (AvgIpc) is 2.46. The normalized spacial score (nSPS) is 8.76. The van der Waals surface area contributed by atoms with Crippen molar-refractivity contribution < 1.29 is 15.0 Å². The summed E-state index contributed by atoms with van der Waals surface area (Å²) in [7, 11) is 0. The van der Waals surface area contributed by atoms with E-state index in [9.17, 15) is 4.79 Å². The first-order valence-electron chi connectivity index (χ1n) is 6.44. The maximum Gasteiger partial charge on any atom is 0.339 e. The summed E-state index contributed by atoms with van der Waals surface area (Å²) in [6.45, 7) is 5.95. The third-order valence-electron chi connectivity index (χ3n) is 2.33. The molecule has 0 bridgehead atoms. The first-order valence-corrected chi connectivity index (χ1v) is 6.82. The molecule has 0 saturated heterocycles. The van der Waals surface area contributed by atoms with Gasteiger partial charge in [-0.2, -0.15) is 0 Å². The molecule has 5 heteroatoms. The number of aromatic hydroxyl groups is 1. The molecule has 0 radical (unpaired) electrons. The minimum atomic E-state index is -1.11. The summed E-state index contributed by atoms with van der Waals surface area (Å²) < 4.78 is 0. The molecule has 4 N–H and O–H groups in total. The summed E-state index contributed by atoms with van der Waals surface area (Å²) in [6.07, 6.45) is 0. The number of halogens is 1. The van der Waals surface area contributed by atoms with Gasteiger partial charge in [0.2, 0.25) is 0 Å². The highest BCUT2D eigenvalue weighted by atomic mass is 35.5. The molecule has 114 valence electrons. The van der Waals surface area contributed by atoms with Crippen LogP contribution in [0.25, 0.3) is 0 Å². The summed E-state index contributed by atoms with van der Waals surface area (Å²) in [5.41, 5.74) is 7.15. The van der Waals surface area contributed by atoms with Gasteiger partial charge in [-0.25, -0.2) is 4.79 Å². The second-order valence-corrected chi connectivity index (χ2v) is 4.24. The Morgan fingerprint density at radius 3 is 2.10 bits per heavy atom.